The highest BCUT2D eigenvalue weighted by atomic mass is 32.2. The Labute approximate surface area is 181 Å². The maximum absolute atomic E-state index is 15.3. The molecule has 10 heteroatoms. The van der Waals surface area contributed by atoms with E-state index < -0.39 is 33.0 Å². The Morgan fingerprint density at radius 1 is 1.26 bits per heavy atom. The van der Waals surface area contributed by atoms with Crippen molar-refractivity contribution in [2.75, 3.05) is 26.0 Å². The molecule has 0 unspecified atom stereocenters. The van der Waals surface area contributed by atoms with Gasteiger partial charge in [0.2, 0.25) is 10.0 Å². The Kier molecular flexibility index (Phi) is 6.92. The van der Waals surface area contributed by atoms with Crippen LogP contribution in [0.5, 0.6) is 0 Å². The molecular weight excluding hydrogens is 428 g/mol. The minimum Gasteiger partial charge on any atom is -0.381 e. The second kappa shape index (κ2) is 9.13. The lowest BCUT2D eigenvalue weighted by molar-refractivity contribution is 0.0345. The number of benzene rings is 1. The molecule has 0 aliphatic carbocycles. The predicted octanol–water partition coefficient (Wildman–Crippen LogP) is 3.03. The lowest BCUT2D eigenvalue weighted by Crippen LogP contribution is -2.45. The minimum absolute atomic E-state index is 0.0587. The van der Waals surface area contributed by atoms with Gasteiger partial charge in [0.05, 0.1) is 17.4 Å². The van der Waals surface area contributed by atoms with E-state index in [9.17, 15) is 13.2 Å². The van der Waals surface area contributed by atoms with E-state index in [-0.39, 0.29) is 50.3 Å². The van der Waals surface area contributed by atoms with E-state index in [2.05, 4.69) is 5.10 Å². The van der Waals surface area contributed by atoms with Gasteiger partial charge in [-0.15, -0.1) is 0 Å². The molecule has 0 N–H and O–H groups in total. The minimum atomic E-state index is -3.58. The van der Waals surface area contributed by atoms with Crippen molar-refractivity contribution in [1.29, 1.82) is 0 Å². The van der Waals surface area contributed by atoms with Gasteiger partial charge in [0.1, 0.15) is 11.6 Å². The van der Waals surface area contributed by atoms with Crippen LogP contribution in [0.4, 0.5) is 8.78 Å². The third-order valence-electron chi connectivity index (χ3n) is 5.63. The van der Waals surface area contributed by atoms with Crippen molar-refractivity contribution in [3.8, 4) is 0 Å². The van der Waals surface area contributed by atoms with Gasteiger partial charge in [-0.05, 0) is 44.4 Å². The molecular formula is C21H27F2N3O4S. The number of rotatable bonds is 7. The number of carbonyl (C=O) groups excluding carboxylic acids is 1. The largest absolute Gasteiger partial charge is 0.381 e. The molecule has 170 valence electrons. The summed E-state index contributed by atoms with van der Waals surface area (Å²) in [7, 11) is -3.58. The molecule has 7 nitrogen and oxygen atoms in total. The molecule has 2 heterocycles. The van der Waals surface area contributed by atoms with Crippen LogP contribution in [0.3, 0.4) is 0 Å². The molecule has 0 atom stereocenters. The smallest absolute Gasteiger partial charge is 0.257 e. The fraction of sp³-hybridized carbons (Fsp3) is 0.524. The second-order valence-corrected chi connectivity index (χ2v) is 9.90. The summed E-state index contributed by atoms with van der Waals surface area (Å²) in [6.07, 6.45) is 3.45. The number of aryl methyl sites for hydroxylation is 1. The average Bonchev–Trinajstić information content (AvgIpc) is 3.15. The van der Waals surface area contributed by atoms with Crippen molar-refractivity contribution in [2.24, 2.45) is 0 Å². The van der Waals surface area contributed by atoms with Crippen LogP contribution >= 0.6 is 0 Å². The van der Waals surface area contributed by atoms with Crippen LogP contribution in [0.15, 0.2) is 24.4 Å². The van der Waals surface area contributed by atoms with Gasteiger partial charge in [0.15, 0.2) is 0 Å². The summed E-state index contributed by atoms with van der Waals surface area (Å²) in [6, 6.07) is 3.69. The highest BCUT2D eigenvalue weighted by Crippen LogP contribution is 2.39. The zero-order valence-corrected chi connectivity index (χ0v) is 18.7. The monoisotopic (exact) mass is 455 g/mol. The summed E-state index contributed by atoms with van der Waals surface area (Å²) in [5.41, 5.74) is -0.823. The Balaban J connectivity index is 2.03. The molecule has 1 fully saturated rings. The van der Waals surface area contributed by atoms with Gasteiger partial charge < -0.3 is 4.74 Å². The van der Waals surface area contributed by atoms with Gasteiger partial charge in [-0.2, -0.15) is 9.40 Å². The summed E-state index contributed by atoms with van der Waals surface area (Å²) in [5, 5.41) is 4.15. The Bertz CT molecular complexity index is 1060. The number of halogens is 2. The molecule has 1 saturated heterocycles. The lowest BCUT2D eigenvalue weighted by atomic mass is 9.72. The summed E-state index contributed by atoms with van der Waals surface area (Å²) in [6.45, 7) is 3.91. The second-order valence-electron chi connectivity index (χ2n) is 7.92. The van der Waals surface area contributed by atoms with Crippen molar-refractivity contribution >= 4 is 15.9 Å². The zero-order valence-electron chi connectivity index (χ0n) is 17.9. The molecule has 31 heavy (non-hydrogen) atoms. The quantitative estimate of drug-likeness (QED) is 0.641. The van der Waals surface area contributed by atoms with Crippen molar-refractivity contribution in [2.45, 2.75) is 45.1 Å². The van der Waals surface area contributed by atoms with E-state index in [4.69, 9.17) is 4.74 Å². The first kappa shape index (κ1) is 23.5. The van der Waals surface area contributed by atoms with Crippen molar-refractivity contribution < 1.29 is 26.7 Å². The van der Waals surface area contributed by atoms with Gasteiger partial charge in [-0.1, -0.05) is 6.92 Å². The van der Waals surface area contributed by atoms with Crippen LogP contribution in [0.2, 0.25) is 0 Å². The molecule has 0 amide bonds. The Hall–Kier alpha value is -2.17. The van der Waals surface area contributed by atoms with Gasteiger partial charge >= 0.3 is 0 Å². The van der Waals surface area contributed by atoms with Crippen molar-refractivity contribution in [1.82, 2.24) is 14.1 Å². The number of ether oxygens (including phenoxy) is 1. The molecule has 1 aliphatic rings. The zero-order chi connectivity index (χ0) is 22.8. The van der Waals surface area contributed by atoms with Crippen LogP contribution in [0, 0.1) is 18.6 Å². The summed E-state index contributed by atoms with van der Waals surface area (Å²) >= 11 is 0. The van der Waals surface area contributed by atoms with Crippen LogP contribution in [0.1, 0.15) is 47.8 Å². The van der Waals surface area contributed by atoms with E-state index in [1.807, 2.05) is 0 Å². The number of hydrogen-bond acceptors (Lipinski definition) is 5. The first-order valence-corrected chi connectivity index (χ1v) is 12.0. The van der Waals surface area contributed by atoms with Crippen LogP contribution in [0.25, 0.3) is 0 Å². The molecule has 0 saturated carbocycles. The highest BCUT2D eigenvalue weighted by molar-refractivity contribution is 7.88. The normalized spacial score (nSPS) is 16.6. The van der Waals surface area contributed by atoms with E-state index in [1.54, 1.807) is 19.9 Å². The van der Waals surface area contributed by atoms with Crippen LogP contribution < -0.4 is 0 Å². The SMILES string of the molecule is CCCN(Cc1cc(F)c(C2(C(=O)n3ccc(C)n3)CCOCC2)cc1F)S(C)(=O)=O. The third kappa shape index (κ3) is 4.86. The molecule has 3 rings (SSSR count). The van der Waals surface area contributed by atoms with E-state index in [1.165, 1.54) is 10.9 Å². The van der Waals surface area contributed by atoms with Gasteiger partial charge in [0.25, 0.3) is 5.91 Å². The van der Waals surface area contributed by atoms with Gasteiger partial charge in [0, 0.05) is 43.6 Å². The van der Waals surface area contributed by atoms with Crippen LogP contribution in [-0.4, -0.2) is 54.4 Å². The first-order chi connectivity index (χ1) is 14.6. The maximum atomic E-state index is 15.3. The summed E-state index contributed by atoms with van der Waals surface area (Å²) in [5.74, 6) is -1.95. The predicted molar refractivity (Wildman–Crippen MR) is 111 cm³/mol. The molecule has 1 aliphatic heterocycles. The number of carbonyl (C=O) groups is 1. The number of nitrogens with zero attached hydrogens (tertiary/aromatic N) is 3. The summed E-state index contributed by atoms with van der Waals surface area (Å²) < 4.78 is 62.0. The van der Waals surface area contributed by atoms with Crippen molar-refractivity contribution in [3.05, 3.63) is 52.9 Å². The molecule has 0 radical (unpaired) electrons. The van der Waals surface area contributed by atoms with E-state index in [0.29, 0.717) is 12.1 Å². The fourth-order valence-electron chi connectivity index (χ4n) is 3.94. The fourth-order valence-corrected chi connectivity index (χ4v) is 4.83. The standard InChI is InChI=1S/C21H27F2N3O4S/c1-4-8-25(31(3,28)29)14-16-12-19(23)17(13-18(16)22)21(6-10-30-11-7-21)20(27)26-9-5-15(2)24-26/h5,9,12-13H,4,6-8,10-11,14H2,1-3H3. The highest BCUT2D eigenvalue weighted by Gasteiger charge is 2.45. The molecule has 1 aromatic heterocycles. The third-order valence-corrected chi connectivity index (χ3v) is 6.88. The first-order valence-electron chi connectivity index (χ1n) is 10.2. The number of sulfonamides is 1. The van der Waals surface area contributed by atoms with E-state index in [0.717, 1.165) is 22.7 Å². The average molecular weight is 456 g/mol. The lowest BCUT2D eigenvalue weighted by Gasteiger charge is -2.36. The molecule has 0 spiro atoms. The molecule has 1 aromatic carbocycles. The molecule has 0 bridgehead atoms. The van der Waals surface area contributed by atoms with Gasteiger partial charge in [-0.25, -0.2) is 21.9 Å². The number of aromatic nitrogens is 2. The van der Waals surface area contributed by atoms with Crippen LogP contribution in [-0.2, 0) is 26.7 Å². The topological polar surface area (TPSA) is 81.5 Å². The Morgan fingerprint density at radius 2 is 1.94 bits per heavy atom. The van der Waals surface area contributed by atoms with E-state index >= 15 is 8.78 Å². The maximum Gasteiger partial charge on any atom is 0.257 e. The van der Waals surface area contributed by atoms with Gasteiger partial charge in [-0.3, -0.25) is 4.79 Å². The number of hydrogen-bond donors (Lipinski definition) is 0. The molecule has 2 aromatic rings. The summed E-state index contributed by atoms with van der Waals surface area (Å²) in [4.78, 5) is 13.3. The van der Waals surface area contributed by atoms with Crippen molar-refractivity contribution in [3.63, 3.8) is 0 Å². The Morgan fingerprint density at radius 3 is 2.48 bits per heavy atom.